The van der Waals surface area contributed by atoms with Gasteiger partial charge in [0.15, 0.2) is 0 Å². The zero-order chi connectivity index (χ0) is 9.56. The van der Waals surface area contributed by atoms with Gasteiger partial charge in [0, 0.05) is 10.2 Å². The maximum absolute atomic E-state index is 2.76. The molecule has 0 saturated heterocycles. The molecule has 12 heavy (non-hydrogen) atoms. The van der Waals surface area contributed by atoms with Gasteiger partial charge in [-0.3, -0.25) is 0 Å². The molecule has 0 radical (unpaired) electrons. The van der Waals surface area contributed by atoms with Crippen LogP contribution in [0.1, 0.15) is 34.1 Å². The third-order valence-electron chi connectivity index (χ3n) is 2.59. The van der Waals surface area contributed by atoms with Crippen molar-refractivity contribution in [3.63, 3.8) is 0 Å². The molecule has 0 N–H and O–H groups in total. The highest BCUT2D eigenvalue weighted by atomic mass is 28.2. The van der Waals surface area contributed by atoms with Crippen LogP contribution in [0.25, 0.3) is 0 Å². The van der Waals surface area contributed by atoms with Crippen LogP contribution < -0.4 is 0 Å². The summed E-state index contributed by atoms with van der Waals surface area (Å²) in [5, 5.41) is 0. The van der Waals surface area contributed by atoms with E-state index in [2.05, 4.69) is 32.3 Å². The van der Waals surface area contributed by atoms with Crippen molar-refractivity contribution in [2.45, 2.75) is 58.3 Å². The second-order valence-electron chi connectivity index (χ2n) is 3.94. The first-order chi connectivity index (χ1) is 5.63. The Morgan fingerprint density at radius 3 is 2.25 bits per heavy atom. The molecule has 0 aliphatic heterocycles. The Morgan fingerprint density at radius 2 is 1.92 bits per heavy atom. The van der Waals surface area contributed by atoms with E-state index in [1.165, 1.54) is 28.8 Å². The molecular weight excluding hydrogens is 178 g/mol. The van der Waals surface area contributed by atoms with Crippen molar-refractivity contribution in [1.29, 1.82) is 0 Å². The maximum atomic E-state index is 2.76. The van der Waals surface area contributed by atoms with Crippen molar-refractivity contribution in [2.24, 2.45) is 0 Å². The molecule has 0 aromatic carbocycles. The second-order valence-corrected chi connectivity index (χ2v) is 6.83. The molecule has 74 valence electrons. The van der Waals surface area contributed by atoms with Crippen molar-refractivity contribution in [1.82, 2.24) is 4.57 Å². The third-order valence-corrected chi connectivity index (χ3v) is 7.60. The van der Waals surface area contributed by atoms with Crippen LogP contribution in [-0.2, 0) is 0 Å². The summed E-state index contributed by atoms with van der Waals surface area (Å²) in [6, 6.07) is 4.64. The van der Waals surface area contributed by atoms with E-state index in [1.807, 2.05) is 0 Å². The lowest BCUT2D eigenvalue weighted by Gasteiger charge is -2.32. The Hall–Kier alpha value is 0.394. The first-order valence-corrected chi connectivity index (χ1v) is 8.43. The molecule has 3 heteroatoms. The fourth-order valence-electron chi connectivity index (χ4n) is 1.56. The Bertz CT molecular complexity index is 107. The van der Waals surface area contributed by atoms with Gasteiger partial charge in [0.05, 0.1) is 9.68 Å². The summed E-state index contributed by atoms with van der Waals surface area (Å²) in [7, 11) is 1.48. The molecule has 0 rings (SSSR count). The number of rotatable bonds is 6. The molecule has 1 nitrogen and oxygen atoms in total. The van der Waals surface area contributed by atoms with Crippen molar-refractivity contribution in [3.05, 3.63) is 0 Å². The summed E-state index contributed by atoms with van der Waals surface area (Å²) in [5.41, 5.74) is 0. The summed E-state index contributed by atoms with van der Waals surface area (Å²) < 4.78 is 2.76. The highest BCUT2D eigenvalue weighted by molar-refractivity contribution is 6.34. The lowest BCUT2D eigenvalue weighted by atomic mass is 10.2. The molecule has 0 aromatic heterocycles. The lowest BCUT2D eigenvalue weighted by molar-refractivity contribution is 0.288. The Morgan fingerprint density at radius 1 is 1.33 bits per heavy atom. The second kappa shape index (κ2) is 6.86. The average molecular weight is 203 g/mol. The molecule has 0 amide bonds. The predicted octanol–water partition coefficient (Wildman–Crippen LogP) is 0.781. The smallest absolute Gasteiger partial charge is 0.0953 e. The van der Waals surface area contributed by atoms with Crippen LogP contribution in [0.5, 0.6) is 0 Å². The van der Waals surface area contributed by atoms with Crippen molar-refractivity contribution >= 4 is 19.9 Å². The van der Waals surface area contributed by atoms with E-state index < -0.39 is 0 Å². The Balaban J connectivity index is 3.85. The van der Waals surface area contributed by atoms with E-state index in [0.29, 0.717) is 0 Å². The molecule has 1 unspecified atom stereocenters. The number of hydrogen-bond acceptors (Lipinski definition) is 1. The fourth-order valence-corrected chi connectivity index (χ4v) is 4.41. The summed E-state index contributed by atoms with van der Waals surface area (Å²) in [6.07, 6.45) is 1.31. The van der Waals surface area contributed by atoms with Crippen LogP contribution in [0.4, 0.5) is 0 Å². The van der Waals surface area contributed by atoms with Gasteiger partial charge in [-0.2, -0.15) is 0 Å². The minimum absolute atomic E-state index is 0.0874. The normalized spacial score (nSPS) is 15.5. The maximum Gasteiger partial charge on any atom is 0.0953 e. The van der Waals surface area contributed by atoms with Gasteiger partial charge in [-0.05, 0) is 18.5 Å². The van der Waals surface area contributed by atoms with Gasteiger partial charge in [0.2, 0.25) is 0 Å². The fraction of sp³-hybridized carbons (Fsp3) is 1.00. The molecule has 0 aliphatic rings. The highest BCUT2D eigenvalue weighted by Crippen LogP contribution is 2.08. The van der Waals surface area contributed by atoms with Crippen LogP contribution in [0.3, 0.4) is 0 Å². The van der Waals surface area contributed by atoms with Crippen molar-refractivity contribution in [2.75, 3.05) is 0 Å². The standard InChI is InChI=1S/C9H25NSi2/c1-5-9(4)10(8(2)3)12-7-6-11/h8-9H,5-7,12H2,1-4,11H3. The Kier molecular flexibility index (Phi) is 7.09. The summed E-state index contributed by atoms with van der Waals surface area (Å²) in [6.45, 7) is 9.35. The molecule has 0 bridgehead atoms. The summed E-state index contributed by atoms with van der Waals surface area (Å²) in [5.74, 6) is 0. The average Bonchev–Trinajstić information content (AvgIpc) is 2.04. The first kappa shape index (κ1) is 12.4. The zero-order valence-electron chi connectivity index (χ0n) is 9.43. The predicted molar refractivity (Wildman–Crippen MR) is 64.8 cm³/mol. The quantitative estimate of drug-likeness (QED) is 0.577. The molecular formula is C9H25NSi2. The van der Waals surface area contributed by atoms with Crippen LogP contribution >= 0.6 is 0 Å². The lowest BCUT2D eigenvalue weighted by Crippen LogP contribution is -2.41. The van der Waals surface area contributed by atoms with Gasteiger partial charge in [0.25, 0.3) is 0 Å². The van der Waals surface area contributed by atoms with Gasteiger partial charge in [0.1, 0.15) is 0 Å². The largest absolute Gasteiger partial charge is 0.325 e. The van der Waals surface area contributed by atoms with Gasteiger partial charge >= 0.3 is 0 Å². The zero-order valence-corrected chi connectivity index (χ0v) is 12.8. The van der Waals surface area contributed by atoms with Gasteiger partial charge in [-0.25, -0.2) is 0 Å². The van der Waals surface area contributed by atoms with Gasteiger partial charge in [-0.15, -0.1) is 0 Å². The summed E-state index contributed by atoms with van der Waals surface area (Å²) in [4.78, 5) is 0. The molecule has 0 fully saturated rings. The van der Waals surface area contributed by atoms with E-state index in [4.69, 9.17) is 0 Å². The van der Waals surface area contributed by atoms with E-state index >= 15 is 0 Å². The third kappa shape index (κ3) is 4.43. The molecule has 0 aliphatic carbocycles. The topological polar surface area (TPSA) is 3.24 Å². The van der Waals surface area contributed by atoms with Gasteiger partial charge in [-0.1, -0.05) is 39.8 Å². The van der Waals surface area contributed by atoms with E-state index in [9.17, 15) is 0 Å². The SMILES string of the molecule is CCC(C)N([SiH2]CC[SiH3])C(C)C. The Labute approximate surface area is 83.2 Å². The molecule has 1 atom stereocenters. The monoisotopic (exact) mass is 203 g/mol. The highest BCUT2D eigenvalue weighted by Gasteiger charge is 2.14. The minimum Gasteiger partial charge on any atom is -0.325 e. The molecule has 0 saturated carbocycles. The van der Waals surface area contributed by atoms with E-state index in [-0.39, 0.29) is 9.68 Å². The van der Waals surface area contributed by atoms with Crippen LogP contribution in [0, 0.1) is 0 Å². The number of hydrogen-bond donors (Lipinski definition) is 0. The number of nitrogens with zero attached hydrogens (tertiary/aromatic N) is 1. The van der Waals surface area contributed by atoms with Crippen molar-refractivity contribution < 1.29 is 0 Å². The first-order valence-electron chi connectivity index (χ1n) is 5.39. The van der Waals surface area contributed by atoms with Crippen LogP contribution in [0.2, 0.25) is 12.1 Å². The van der Waals surface area contributed by atoms with E-state index in [0.717, 1.165) is 12.1 Å². The van der Waals surface area contributed by atoms with Crippen LogP contribution in [0.15, 0.2) is 0 Å². The van der Waals surface area contributed by atoms with Crippen LogP contribution in [-0.4, -0.2) is 36.6 Å². The van der Waals surface area contributed by atoms with Crippen molar-refractivity contribution in [3.8, 4) is 0 Å². The minimum atomic E-state index is 0.0874. The molecule has 0 aromatic rings. The van der Waals surface area contributed by atoms with E-state index in [1.54, 1.807) is 0 Å². The summed E-state index contributed by atoms with van der Waals surface area (Å²) >= 11 is 0. The van der Waals surface area contributed by atoms with Gasteiger partial charge < -0.3 is 4.57 Å². The molecule has 0 heterocycles. The molecule has 0 spiro atoms.